The van der Waals surface area contributed by atoms with Crippen molar-refractivity contribution in [2.24, 2.45) is 23.2 Å². The average Bonchev–Trinajstić information content (AvgIpc) is 3.24. The third-order valence-corrected chi connectivity index (χ3v) is 8.70. The molecule has 0 amide bonds. The van der Waals surface area contributed by atoms with Gasteiger partial charge in [-0.2, -0.15) is 0 Å². The maximum atomic E-state index is 12.4. The molecule has 1 unspecified atom stereocenters. The van der Waals surface area contributed by atoms with E-state index in [1.165, 1.54) is 31.3 Å². The Morgan fingerprint density at radius 1 is 1.19 bits per heavy atom. The molecule has 3 aliphatic rings. The Hall–Kier alpha value is -2.01. The predicted molar refractivity (Wildman–Crippen MR) is 147 cm³/mol. The first-order chi connectivity index (χ1) is 17.3. The van der Waals surface area contributed by atoms with Gasteiger partial charge in [0.1, 0.15) is 6.61 Å². The Morgan fingerprint density at radius 2 is 1.92 bits per heavy atom. The number of allylic oxidation sites excluding steroid dienone is 3. The van der Waals surface area contributed by atoms with E-state index in [0.29, 0.717) is 42.8 Å². The number of aliphatic hydroxyl groups is 2. The SMILES string of the molecule is C=C1/C(=C\C=C2/CCCC3(C)[C@@H]([C@H](C)COCC(=O)c4ccccc4)CC[C@@H]23)C[C@@H](O)C[C@@H]1O.CC. The number of ether oxygens (including phenoxy) is 1. The lowest BCUT2D eigenvalue weighted by Crippen LogP contribution is -2.37. The first-order valence-corrected chi connectivity index (χ1v) is 13.9. The zero-order chi connectivity index (χ0) is 26.3. The van der Waals surface area contributed by atoms with Crippen molar-refractivity contribution in [1.82, 2.24) is 0 Å². The fourth-order valence-corrected chi connectivity index (χ4v) is 6.84. The minimum absolute atomic E-state index is 0.0405. The van der Waals surface area contributed by atoms with Gasteiger partial charge >= 0.3 is 0 Å². The van der Waals surface area contributed by atoms with Gasteiger partial charge in [-0.15, -0.1) is 0 Å². The topological polar surface area (TPSA) is 66.8 Å². The van der Waals surface area contributed by atoms with E-state index >= 15 is 0 Å². The van der Waals surface area contributed by atoms with E-state index in [2.05, 4.69) is 32.6 Å². The van der Waals surface area contributed by atoms with Gasteiger partial charge in [-0.3, -0.25) is 4.79 Å². The summed E-state index contributed by atoms with van der Waals surface area (Å²) in [5.41, 5.74) is 4.18. The van der Waals surface area contributed by atoms with Crippen LogP contribution in [0.1, 0.15) is 83.0 Å². The number of hydrogen-bond donors (Lipinski definition) is 2. The molecule has 4 nitrogen and oxygen atoms in total. The highest BCUT2D eigenvalue weighted by Gasteiger charge is 2.50. The Balaban J connectivity index is 0.00000176. The van der Waals surface area contributed by atoms with Crippen LogP contribution in [0.3, 0.4) is 0 Å². The Kier molecular flexibility index (Phi) is 10.3. The zero-order valence-electron chi connectivity index (χ0n) is 22.7. The third-order valence-electron chi connectivity index (χ3n) is 8.70. The van der Waals surface area contributed by atoms with Crippen molar-refractivity contribution in [3.63, 3.8) is 0 Å². The summed E-state index contributed by atoms with van der Waals surface area (Å²) in [6.07, 6.45) is 10.1. The summed E-state index contributed by atoms with van der Waals surface area (Å²) >= 11 is 0. The summed E-state index contributed by atoms with van der Waals surface area (Å²) in [6, 6.07) is 9.36. The molecule has 0 radical (unpaired) electrons. The number of fused-ring (bicyclic) bond motifs is 1. The normalized spacial score (nSPS) is 33.1. The minimum atomic E-state index is -0.643. The first-order valence-electron chi connectivity index (χ1n) is 13.9. The van der Waals surface area contributed by atoms with Crippen molar-refractivity contribution >= 4 is 5.78 Å². The van der Waals surface area contributed by atoms with Crippen LogP contribution in [0, 0.1) is 23.2 Å². The molecule has 0 spiro atoms. The standard InChI is InChI=1S/C30H40O4.C2H6/c1-20(18-34-19-29(33)23-8-5-4-6-9-23)26-13-14-27-22(10-7-15-30(26,27)3)11-12-24-16-25(31)17-28(32)21(24)2;1-2/h4-6,8-9,11-12,20,25-28,31-32H,2,7,10,13-19H2,1,3H3;1-2H3/b22-11+,24-12-;/t20-,25-,26-,27+,28+,30?;/m1./s1. The van der Waals surface area contributed by atoms with E-state index in [4.69, 9.17) is 4.74 Å². The van der Waals surface area contributed by atoms with E-state index < -0.39 is 12.2 Å². The van der Waals surface area contributed by atoms with Crippen molar-refractivity contribution in [2.75, 3.05) is 13.2 Å². The van der Waals surface area contributed by atoms with Crippen LogP contribution in [0.4, 0.5) is 0 Å². The smallest absolute Gasteiger partial charge is 0.188 e. The van der Waals surface area contributed by atoms with Crippen LogP contribution in [0.25, 0.3) is 0 Å². The van der Waals surface area contributed by atoms with Crippen LogP contribution in [0.2, 0.25) is 0 Å². The van der Waals surface area contributed by atoms with Crippen molar-refractivity contribution in [1.29, 1.82) is 0 Å². The van der Waals surface area contributed by atoms with Gasteiger partial charge in [-0.25, -0.2) is 0 Å². The molecule has 3 aliphatic carbocycles. The van der Waals surface area contributed by atoms with Gasteiger partial charge in [0.25, 0.3) is 0 Å². The number of hydrogen-bond acceptors (Lipinski definition) is 4. The maximum Gasteiger partial charge on any atom is 0.188 e. The monoisotopic (exact) mass is 494 g/mol. The second-order valence-corrected chi connectivity index (χ2v) is 10.9. The lowest BCUT2D eigenvalue weighted by molar-refractivity contribution is 0.0333. The second kappa shape index (κ2) is 13.0. The molecule has 3 fully saturated rings. The molecule has 0 bridgehead atoms. The molecule has 3 saturated carbocycles. The Labute approximate surface area is 218 Å². The van der Waals surface area contributed by atoms with Gasteiger partial charge in [0.2, 0.25) is 0 Å². The summed E-state index contributed by atoms with van der Waals surface area (Å²) < 4.78 is 5.90. The fourth-order valence-electron chi connectivity index (χ4n) is 6.84. The van der Waals surface area contributed by atoms with Gasteiger partial charge < -0.3 is 14.9 Å². The van der Waals surface area contributed by atoms with E-state index in [1.54, 1.807) is 0 Å². The van der Waals surface area contributed by atoms with Crippen LogP contribution in [-0.2, 0) is 4.74 Å². The highest BCUT2D eigenvalue weighted by molar-refractivity contribution is 5.96. The van der Waals surface area contributed by atoms with Gasteiger partial charge in [0.15, 0.2) is 5.78 Å². The second-order valence-electron chi connectivity index (χ2n) is 10.9. The number of rotatable bonds is 7. The molecule has 0 heterocycles. The summed E-state index contributed by atoms with van der Waals surface area (Å²) in [5.74, 6) is 1.58. The van der Waals surface area contributed by atoms with E-state index in [-0.39, 0.29) is 17.8 Å². The number of benzene rings is 1. The van der Waals surface area contributed by atoms with Crippen LogP contribution in [0.15, 0.2) is 65.8 Å². The van der Waals surface area contributed by atoms with Gasteiger partial charge in [0, 0.05) is 12.0 Å². The van der Waals surface area contributed by atoms with Crippen LogP contribution in [0.5, 0.6) is 0 Å². The summed E-state index contributed by atoms with van der Waals surface area (Å²) in [4.78, 5) is 12.4. The van der Waals surface area contributed by atoms with E-state index in [1.807, 2.05) is 44.2 Å². The minimum Gasteiger partial charge on any atom is -0.393 e. The maximum absolute atomic E-state index is 12.4. The molecule has 2 N–H and O–H groups in total. The van der Waals surface area contributed by atoms with Crippen LogP contribution in [-0.4, -0.2) is 41.4 Å². The molecule has 1 aromatic carbocycles. The van der Waals surface area contributed by atoms with Gasteiger partial charge in [0.05, 0.1) is 18.8 Å². The number of ketones is 1. The molecule has 1 aromatic rings. The number of Topliss-reactive ketones (excluding diaryl/α,β-unsaturated/α-hetero) is 1. The number of carbonyl (C=O) groups excluding carboxylic acids is 1. The number of aliphatic hydroxyl groups excluding tert-OH is 2. The van der Waals surface area contributed by atoms with E-state index in [9.17, 15) is 15.0 Å². The third kappa shape index (κ3) is 6.45. The van der Waals surface area contributed by atoms with Crippen molar-refractivity contribution < 1.29 is 19.7 Å². The molecule has 0 aliphatic heterocycles. The molecule has 0 aromatic heterocycles. The van der Waals surface area contributed by atoms with Crippen molar-refractivity contribution in [2.45, 2.75) is 84.8 Å². The molecule has 198 valence electrons. The largest absolute Gasteiger partial charge is 0.393 e. The quantitative estimate of drug-likeness (QED) is 0.415. The summed E-state index contributed by atoms with van der Waals surface area (Å²) in [7, 11) is 0. The highest BCUT2D eigenvalue weighted by atomic mass is 16.5. The van der Waals surface area contributed by atoms with Crippen molar-refractivity contribution in [3.8, 4) is 0 Å². The van der Waals surface area contributed by atoms with E-state index in [0.717, 1.165) is 17.6 Å². The lowest BCUT2D eigenvalue weighted by atomic mass is 9.61. The summed E-state index contributed by atoms with van der Waals surface area (Å²) in [5, 5.41) is 20.2. The van der Waals surface area contributed by atoms with Gasteiger partial charge in [-0.1, -0.05) is 82.3 Å². The predicted octanol–water partition coefficient (Wildman–Crippen LogP) is 6.69. The van der Waals surface area contributed by atoms with Gasteiger partial charge in [-0.05, 0) is 72.8 Å². The van der Waals surface area contributed by atoms with Crippen molar-refractivity contribution in [3.05, 3.63) is 71.3 Å². The average molecular weight is 495 g/mol. The number of carbonyl (C=O) groups is 1. The zero-order valence-corrected chi connectivity index (χ0v) is 22.7. The molecule has 4 heteroatoms. The van der Waals surface area contributed by atoms with Crippen LogP contribution < -0.4 is 0 Å². The molecule has 4 rings (SSSR count). The lowest BCUT2D eigenvalue weighted by Gasteiger charge is -2.44. The molecule has 0 saturated heterocycles. The Morgan fingerprint density at radius 3 is 2.64 bits per heavy atom. The highest BCUT2D eigenvalue weighted by Crippen LogP contribution is 2.59. The molecular weight excluding hydrogens is 448 g/mol. The van der Waals surface area contributed by atoms with Crippen LogP contribution >= 0.6 is 0 Å². The summed E-state index contributed by atoms with van der Waals surface area (Å²) in [6.45, 7) is 13.5. The molecule has 6 atom stereocenters. The fraction of sp³-hybridized carbons (Fsp3) is 0.594. The molecular formula is C32H46O4. The molecule has 36 heavy (non-hydrogen) atoms. The Bertz CT molecular complexity index is 946. The first kappa shape index (κ1) is 28.6.